The summed E-state index contributed by atoms with van der Waals surface area (Å²) in [5.74, 6) is 0. The van der Waals surface area contributed by atoms with E-state index in [1.807, 2.05) is 0 Å². The first kappa shape index (κ1) is 9.73. The smallest absolute Gasteiger partial charge is 0.149 e. The summed E-state index contributed by atoms with van der Waals surface area (Å²) in [7, 11) is 0. The first-order chi connectivity index (χ1) is 4.70. The molecule has 0 fully saturated rings. The molecule has 0 aromatic carbocycles. The Labute approximate surface area is 70.3 Å². The zero-order valence-corrected chi connectivity index (χ0v) is 6.90. The maximum Gasteiger partial charge on any atom is 0.149 e. The molecule has 0 aliphatic rings. The van der Waals surface area contributed by atoms with Crippen LogP contribution in [0.4, 0.5) is 0 Å². The third kappa shape index (κ3) is 4.59. The molecule has 0 bridgehead atoms. The van der Waals surface area contributed by atoms with Crippen LogP contribution in [0.1, 0.15) is 6.42 Å². The topological polar surface area (TPSA) is 17.1 Å². The zero-order chi connectivity index (χ0) is 7.98. The molecule has 0 rings (SSSR count). The van der Waals surface area contributed by atoms with Gasteiger partial charge < -0.3 is 0 Å². The minimum atomic E-state index is -0.449. The number of rotatable bonds is 4. The average Bonchev–Trinajstić information content (AvgIpc) is 1.90. The van der Waals surface area contributed by atoms with E-state index in [0.717, 1.165) is 0 Å². The van der Waals surface area contributed by atoms with Gasteiger partial charge in [-0.1, -0.05) is 18.7 Å². The van der Waals surface area contributed by atoms with Gasteiger partial charge in [0.25, 0.3) is 0 Å². The van der Waals surface area contributed by atoms with E-state index in [2.05, 4.69) is 6.58 Å². The fraction of sp³-hybridized carbons (Fsp3) is 0.286. The molecule has 0 aromatic rings. The fourth-order valence-corrected chi connectivity index (χ4v) is 0.583. The van der Waals surface area contributed by atoms with Crippen LogP contribution >= 0.6 is 23.2 Å². The van der Waals surface area contributed by atoms with E-state index in [0.29, 0.717) is 18.3 Å². The van der Waals surface area contributed by atoms with E-state index < -0.39 is 4.84 Å². The number of halogens is 2. The highest BCUT2D eigenvalue weighted by molar-refractivity contribution is 6.44. The maximum atomic E-state index is 10.1. The highest BCUT2D eigenvalue weighted by Crippen LogP contribution is 2.08. The lowest BCUT2D eigenvalue weighted by molar-refractivity contribution is -0.104. The van der Waals surface area contributed by atoms with E-state index in [4.69, 9.17) is 23.2 Å². The summed E-state index contributed by atoms with van der Waals surface area (Å²) in [5, 5.41) is 0. The van der Waals surface area contributed by atoms with Crippen LogP contribution in [0, 0.1) is 0 Å². The van der Waals surface area contributed by atoms with Crippen LogP contribution in [0.15, 0.2) is 24.3 Å². The van der Waals surface area contributed by atoms with Crippen LogP contribution in [0.25, 0.3) is 0 Å². The SMILES string of the molecule is C=C/C(C=O)=C\CC(Cl)Cl. The summed E-state index contributed by atoms with van der Waals surface area (Å²) in [5.41, 5.74) is 0.520. The molecule has 0 heterocycles. The van der Waals surface area contributed by atoms with Crippen LogP contribution < -0.4 is 0 Å². The Hall–Kier alpha value is -0.270. The minimum absolute atomic E-state index is 0.449. The van der Waals surface area contributed by atoms with Crippen molar-refractivity contribution in [1.29, 1.82) is 0 Å². The summed E-state index contributed by atoms with van der Waals surface area (Å²) in [4.78, 5) is 9.67. The second-order valence-corrected chi connectivity index (χ2v) is 2.93. The Bertz CT molecular complexity index is 140. The molecular formula is C7H8Cl2O. The molecule has 3 heteroatoms. The van der Waals surface area contributed by atoms with Gasteiger partial charge in [0.1, 0.15) is 11.1 Å². The largest absolute Gasteiger partial charge is 0.298 e. The molecule has 0 aromatic heterocycles. The number of allylic oxidation sites excluding steroid dienone is 3. The van der Waals surface area contributed by atoms with E-state index in [1.165, 1.54) is 6.08 Å². The Kier molecular flexibility index (Phi) is 5.36. The minimum Gasteiger partial charge on any atom is -0.298 e. The van der Waals surface area contributed by atoms with Gasteiger partial charge in [0.05, 0.1) is 0 Å². The Morgan fingerprint density at radius 2 is 2.20 bits per heavy atom. The number of aldehydes is 1. The second-order valence-electron chi connectivity index (χ2n) is 1.65. The molecule has 0 radical (unpaired) electrons. The normalized spacial score (nSPS) is 11.7. The van der Waals surface area contributed by atoms with E-state index >= 15 is 0 Å². The molecular weight excluding hydrogens is 171 g/mol. The van der Waals surface area contributed by atoms with Gasteiger partial charge >= 0.3 is 0 Å². The van der Waals surface area contributed by atoms with Gasteiger partial charge in [0.2, 0.25) is 0 Å². The number of hydrogen-bond donors (Lipinski definition) is 0. The highest BCUT2D eigenvalue weighted by Gasteiger charge is 1.94. The predicted molar refractivity (Wildman–Crippen MR) is 44.5 cm³/mol. The van der Waals surface area contributed by atoms with Crippen molar-refractivity contribution in [2.24, 2.45) is 0 Å². The van der Waals surface area contributed by atoms with Crippen molar-refractivity contribution >= 4 is 29.5 Å². The predicted octanol–water partition coefficient (Wildman–Crippen LogP) is 2.49. The van der Waals surface area contributed by atoms with Gasteiger partial charge in [-0.25, -0.2) is 0 Å². The summed E-state index contributed by atoms with van der Waals surface area (Å²) in [6, 6.07) is 0. The number of alkyl halides is 2. The van der Waals surface area contributed by atoms with Gasteiger partial charge in [0.15, 0.2) is 0 Å². The number of hydrogen-bond acceptors (Lipinski definition) is 1. The van der Waals surface area contributed by atoms with Gasteiger partial charge in [-0.05, 0) is 6.42 Å². The third-order valence-corrected chi connectivity index (χ3v) is 1.26. The number of carbonyl (C=O) groups excluding carboxylic acids is 1. The molecule has 0 saturated heterocycles. The van der Waals surface area contributed by atoms with Crippen molar-refractivity contribution in [3.05, 3.63) is 24.3 Å². The first-order valence-electron chi connectivity index (χ1n) is 2.76. The Morgan fingerprint density at radius 1 is 1.60 bits per heavy atom. The standard InChI is InChI=1S/C7H8Cl2O/c1-2-6(5-10)3-4-7(8)9/h2-3,5,7H,1,4H2/b6-3+. The lowest BCUT2D eigenvalue weighted by atomic mass is 10.2. The van der Waals surface area contributed by atoms with Crippen molar-refractivity contribution in [2.75, 3.05) is 0 Å². The molecule has 0 N–H and O–H groups in total. The molecule has 0 unspecified atom stereocenters. The quantitative estimate of drug-likeness (QED) is 0.280. The van der Waals surface area contributed by atoms with Crippen molar-refractivity contribution in [2.45, 2.75) is 11.3 Å². The summed E-state index contributed by atoms with van der Waals surface area (Å²) in [6.07, 6.45) is 4.29. The van der Waals surface area contributed by atoms with Crippen LogP contribution in [0.3, 0.4) is 0 Å². The van der Waals surface area contributed by atoms with Crippen molar-refractivity contribution < 1.29 is 4.79 Å². The van der Waals surface area contributed by atoms with Crippen LogP contribution in [0.5, 0.6) is 0 Å². The van der Waals surface area contributed by atoms with E-state index in [1.54, 1.807) is 6.08 Å². The lowest BCUT2D eigenvalue weighted by Crippen LogP contribution is -1.84. The fourth-order valence-electron chi connectivity index (χ4n) is 0.405. The molecule has 0 atom stereocenters. The van der Waals surface area contributed by atoms with Gasteiger partial charge in [-0.15, -0.1) is 23.2 Å². The van der Waals surface area contributed by atoms with E-state index in [-0.39, 0.29) is 0 Å². The maximum absolute atomic E-state index is 10.1. The van der Waals surface area contributed by atoms with Crippen LogP contribution in [-0.2, 0) is 4.79 Å². The monoisotopic (exact) mass is 178 g/mol. The highest BCUT2D eigenvalue weighted by atomic mass is 35.5. The molecule has 56 valence electrons. The molecule has 0 amide bonds. The van der Waals surface area contributed by atoms with E-state index in [9.17, 15) is 4.79 Å². The van der Waals surface area contributed by atoms with Crippen LogP contribution in [-0.4, -0.2) is 11.1 Å². The first-order valence-corrected chi connectivity index (χ1v) is 3.64. The molecule has 0 aliphatic carbocycles. The molecule has 0 aliphatic heterocycles. The average molecular weight is 179 g/mol. The van der Waals surface area contributed by atoms with Gasteiger partial charge in [-0.3, -0.25) is 4.79 Å². The second kappa shape index (κ2) is 5.51. The Balaban J connectivity index is 3.86. The van der Waals surface area contributed by atoms with Gasteiger partial charge in [0, 0.05) is 5.57 Å². The van der Waals surface area contributed by atoms with Crippen LogP contribution in [0.2, 0.25) is 0 Å². The summed E-state index contributed by atoms with van der Waals surface area (Å²) >= 11 is 10.8. The molecule has 0 saturated carbocycles. The van der Waals surface area contributed by atoms with Crippen molar-refractivity contribution in [3.63, 3.8) is 0 Å². The van der Waals surface area contributed by atoms with Gasteiger partial charge in [-0.2, -0.15) is 0 Å². The van der Waals surface area contributed by atoms with Crippen molar-refractivity contribution in [3.8, 4) is 0 Å². The lowest BCUT2D eigenvalue weighted by Gasteiger charge is -1.92. The molecule has 1 nitrogen and oxygen atoms in total. The number of carbonyl (C=O) groups is 1. The Morgan fingerprint density at radius 3 is 2.50 bits per heavy atom. The molecule has 10 heavy (non-hydrogen) atoms. The van der Waals surface area contributed by atoms with Crippen molar-refractivity contribution in [1.82, 2.24) is 0 Å². The molecule has 0 spiro atoms. The third-order valence-electron chi connectivity index (χ3n) is 0.904. The summed E-state index contributed by atoms with van der Waals surface area (Å²) in [6.45, 7) is 3.42. The summed E-state index contributed by atoms with van der Waals surface area (Å²) < 4.78 is 0. The zero-order valence-electron chi connectivity index (χ0n) is 5.39.